The lowest BCUT2D eigenvalue weighted by molar-refractivity contribution is 0.0735. The van der Waals surface area contributed by atoms with Gasteiger partial charge in [-0.1, -0.05) is 60.1 Å². The molecule has 0 heterocycles. The number of ether oxygens (including phenoxy) is 1. The summed E-state index contributed by atoms with van der Waals surface area (Å²) < 4.78 is 5.76. The lowest BCUT2D eigenvalue weighted by atomic mass is 9.85. The van der Waals surface area contributed by atoms with Gasteiger partial charge in [0.15, 0.2) is 5.60 Å². The van der Waals surface area contributed by atoms with Crippen LogP contribution in [0.5, 0.6) is 0 Å². The van der Waals surface area contributed by atoms with Crippen LogP contribution in [0.25, 0.3) is 0 Å². The molecule has 0 aliphatic carbocycles. The molecule has 3 nitrogen and oxygen atoms in total. The first-order valence-corrected chi connectivity index (χ1v) is 7.36. The molecule has 22 heavy (non-hydrogen) atoms. The Bertz CT molecular complexity index is 653. The van der Waals surface area contributed by atoms with E-state index in [9.17, 15) is 4.79 Å². The van der Waals surface area contributed by atoms with Gasteiger partial charge < -0.3 is 10.1 Å². The second-order valence-electron chi connectivity index (χ2n) is 4.75. The van der Waals surface area contributed by atoms with Crippen molar-refractivity contribution >= 4 is 17.7 Å². The van der Waals surface area contributed by atoms with Gasteiger partial charge >= 0.3 is 6.09 Å². The van der Waals surface area contributed by atoms with Crippen molar-refractivity contribution in [2.75, 3.05) is 7.05 Å². The molecular formula is C18H18ClNO2. The molecule has 0 saturated heterocycles. The fraction of sp³-hybridized carbons (Fsp3) is 0.167. The molecule has 0 aliphatic heterocycles. The van der Waals surface area contributed by atoms with Crippen LogP contribution in [0, 0.1) is 0 Å². The van der Waals surface area contributed by atoms with Crippen molar-refractivity contribution in [2.24, 2.45) is 0 Å². The summed E-state index contributed by atoms with van der Waals surface area (Å²) in [5.74, 6) is 0. The van der Waals surface area contributed by atoms with Gasteiger partial charge in [-0.15, -0.1) is 0 Å². The maximum absolute atomic E-state index is 11.9. The van der Waals surface area contributed by atoms with Crippen molar-refractivity contribution in [1.29, 1.82) is 0 Å². The fourth-order valence-electron chi connectivity index (χ4n) is 2.33. The highest BCUT2D eigenvalue weighted by Crippen LogP contribution is 2.36. The lowest BCUT2D eigenvalue weighted by Crippen LogP contribution is -2.35. The Hall–Kier alpha value is -2.26. The predicted octanol–water partition coefficient (Wildman–Crippen LogP) is 4.52. The first-order chi connectivity index (χ1) is 10.6. The van der Waals surface area contributed by atoms with Crippen LogP contribution in [-0.4, -0.2) is 13.1 Å². The Morgan fingerprint density at radius 3 is 2.23 bits per heavy atom. The first kappa shape index (κ1) is 16.1. The van der Waals surface area contributed by atoms with E-state index in [-0.39, 0.29) is 0 Å². The number of alkyl carbamates (subject to hydrolysis) is 1. The number of hydrogen-bond donors (Lipinski definition) is 1. The van der Waals surface area contributed by atoms with Gasteiger partial charge in [0, 0.05) is 23.2 Å². The van der Waals surface area contributed by atoms with Crippen LogP contribution in [0.3, 0.4) is 0 Å². The number of benzene rings is 2. The van der Waals surface area contributed by atoms with Crippen molar-refractivity contribution in [1.82, 2.24) is 5.32 Å². The van der Waals surface area contributed by atoms with Crippen LogP contribution in [0.2, 0.25) is 5.02 Å². The molecule has 0 radical (unpaired) electrons. The highest BCUT2D eigenvalue weighted by atomic mass is 35.5. The Morgan fingerprint density at radius 1 is 1.09 bits per heavy atom. The van der Waals surface area contributed by atoms with E-state index in [1.54, 1.807) is 12.1 Å². The van der Waals surface area contributed by atoms with Crippen LogP contribution >= 0.6 is 11.6 Å². The number of carbonyl (C=O) groups is 1. The Morgan fingerprint density at radius 2 is 1.68 bits per heavy atom. The summed E-state index contributed by atoms with van der Waals surface area (Å²) >= 11 is 5.98. The van der Waals surface area contributed by atoms with Gasteiger partial charge in [0.05, 0.1) is 0 Å². The summed E-state index contributed by atoms with van der Waals surface area (Å²) in [5, 5.41) is 3.14. The number of nitrogens with one attached hydrogen (secondary N) is 1. The molecule has 0 spiro atoms. The second kappa shape index (κ2) is 7.14. The van der Waals surface area contributed by atoms with Crippen molar-refractivity contribution in [3.05, 3.63) is 82.9 Å². The van der Waals surface area contributed by atoms with Crippen molar-refractivity contribution in [3.8, 4) is 0 Å². The third-order valence-corrected chi connectivity index (χ3v) is 3.59. The van der Waals surface area contributed by atoms with E-state index in [4.69, 9.17) is 16.3 Å². The molecule has 0 bridgehead atoms. The standard InChI is InChI=1S/C18H18ClNO2/c1-3-13-18(22-17(21)20-2,14-7-5-4-6-8-14)15-9-11-16(19)12-10-15/h3-13H,1-2H3,(H,20,21)/b13-3+. The van der Waals surface area contributed by atoms with E-state index in [0.29, 0.717) is 5.02 Å². The molecule has 0 fully saturated rings. The van der Waals surface area contributed by atoms with Crippen LogP contribution < -0.4 is 5.32 Å². The number of halogens is 1. The summed E-state index contributed by atoms with van der Waals surface area (Å²) in [7, 11) is 1.54. The monoisotopic (exact) mass is 315 g/mol. The molecule has 1 N–H and O–H groups in total. The molecule has 0 aliphatic rings. The Labute approximate surface area is 135 Å². The topological polar surface area (TPSA) is 38.3 Å². The molecule has 1 amide bonds. The van der Waals surface area contributed by atoms with E-state index < -0.39 is 11.7 Å². The van der Waals surface area contributed by atoms with Crippen molar-refractivity contribution < 1.29 is 9.53 Å². The summed E-state index contributed by atoms with van der Waals surface area (Å²) in [6, 6.07) is 16.9. The van der Waals surface area contributed by atoms with Gasteiger partial charge in [-0.25, -0.2) is 4.79 Å². The summed E-state index contributed by atoms with van der Waals surface area (Å²) in [6.45, 7) is 1.89. The Balaban J connectivity index is 2.64. The number of carbonyl (C=O) groups excluding carboxylic acids is 1. The minimum atomic E-state index is -0.999. The zero-order valence-corrected chi connectivity index (χ0v) is 13.3. The van der Waals surface area contributed by atoms with Crippen LogP contribution in [0.4, 0.5) is 4.79 Å². The highest BCUT2D eigenvalue weighted by molar-refractivity contribution is 6.30. The molecule has 114 valence electrons. The Kier molecular flexibility index (Phi) is 5.23. The number of rotatable bonds is 4. The van der Waals surface area contributed by atoms with Gasteiger partial charge in [-0.05, 0) is 25.1 Å². The number of hydrogen-bond acceptors (Lipinski definition) is 2. The average Bonchev–Trinajstić information content (AvgIpc) is 2.55. The van der Waals surface area contributed by atoms with Gasteiger partial charge in [-0.2, -0.15) is 0 Å². The van der Waals surface area contributed by atoms with Crippen molar-refractivity contribution in [2.45, 2.75) is 12.5 Å². The molecule has 0 aromatic heterocycles. The minimum Gasteiger partial charge on any atom is -0.429 e. The van der Waals surface area contributed by atoms with E-state index >= 15 is 0 Å². The predicted molar refractivity (Wildman–Crippen MR) is 89.0 cm³/mol. The van der Waals surface area contributed by atoms with Gasteiger partial charge in [0.25, 0.3) is 0 Å². The number of amides is 1. The maximum Gasteiger partial charge on any atom is 0.408 e. The average molecular weight is 316 g/mol. The second-order valence-corrected chi connectivity index (χ2v) is 5.18. The maximum atomic E-state index is 11.9. The molecule has 2 rings (SSSR count). The summed E-state index contributed by atoms with van der Waals surface area (Å²) in [4.78, 5) is 11.9. The summed E-state index contributed by atoms with van der Waals surface area (Å²) in [5.41, 5.74) is 0.685. The highest BCUT2D eigenvalue weighted by Gasteiger charge is 2.35. The normalized spacial score (nSPS) is 13.6. The van der Waals surface area contributed by atoms with Crippen molar-refractivity contribution in [3.63, 3.8) is 0 Å². The third-order valence-electron chi connectivity index (χ3n) is 3.33. The lowest BCUT2D eigenvalue weighted by Gasteiger charge is -2.31. The van der Waals surface area contributed by atoms with E-state index in [0.717, 1.165) is 11.1 Å². The quantitative estimate of drug-likeness (QED) is 0.843. The molecule has 0 saturated carbocycles. The van der Waals surface area contributed by atoms with Crippen LogP contribution in [0.15, 0.2) is 66.7 Å². The molecule has 1 unspecified atom stereocenters. The van der Waals surface area contributed by atoms with Crippen LogP contribution in [-0.2, 0) is 10.3 Å². The minimum absolute atomic E-state index is 0.503. The largest absolute Gasteiger partial charge is 0.429 e. The first-order valence-electron chi connectivity index (χ1n) is 6.98. The fourth-order valence-corrected chi connectivity index (χ4v) is 2.45. The molecule has 2 aromatic carbocycles. The smallest absolute Gasteiger partial charge is 0.408 e. The third kappa shape index (κ3) is 3.31. The molecule has 4 heteroatoms. The molecule has 2 aromatic rings. The zero-order chi connectivity index (χ0) is 16.0. The SMILES string of the molecule is C/C=C/C(OC(=O)NC)(c1ccccc1)c1ccc(Cl)cc1. The van der Waals surface area contributed by atoms with Gasteiger partial charge in [0.2, 0.25) is 0 Å². The zero-order valence-electron chi connectivity index (χ0n) is 12.5. The number of allylic oxidation sites excluding steroid dienone is 1. The van der Waals surface area contributed by atoms with Gasteiger partial charge in [-0.3, -0.25) is 0 Å². The van der Waals surface area contributed by atoms with E-state index in [1.165, 1.54) is 7.05 Å². The van der Waals surface area contributed by atoms with Crippen LogP contribution in [0.1, 0.15) is 18.1 Å². The molecular weight excluding hydrogens is 298 g/mol. The van der Waals surface area contributed by atoms with Gasteiger partial charge in [0.1, 0.15) is 0 Å². The van der Waals surface area contributed by atoms with E-state index in [1.807, 2.05) is 61.5 Å². The molecule has 1 atom stereocenters. The van der Waals surface area contributed by atoms with E-state index in [2.05, 4.69) is 5.32 Å². The summed E-state index contributed by atoms with van der Waals surface area (Å²) in [6.07, 6.45) is 3.22.